The highest BCUT2D eigenvalue weighted by Crippen LogP contribution is 2.27. The van der Waals surface area contributed by atoms with E-state index in [9.17, 15) is 10.1 Å². The first-order chi connectivity index (χ1) is 9.13. The van der Waals surface area contributed by atoms with Crippen molar-refractivity contribution in [3.05, 3.63) is 16.4 Å². The van der Waals surface area contributed by atoms with Gasteiger partial charge in [-0.2, -0.15) is 0 Å². The van der Waals surface area contributed by atoms with Crippen LogP contribution >= 0.6 is 0 Å². The van der Waals surface area contributed by atoms with Gasteiger partial charge in [0, 0.05) is 12.6 Å². The molecule has 0 bridgehead atoms. The topological polar surface area (TPSA) is 110 Å². The SMILES string of the molecule is CCN1CCC[C@H]1CNc1ncnc(N)c1[N+](=O)[O-]. The number of nitrogens with two attached hydrogens (primary N) is 1. The van der Waals surface area contributed by atoms with Gasteiger partial charge in [-0.3, -0.25) is 15.0 Å². The summed E-state index contributed by atoms with van der Waals surface area (Å²) in [6, 6.07) is 0.390. The Bertz CT molecular complexity index is 466. The van der Waals surface area contributed by atoms with Crippen LogP contribution in [0.15, 0.2) is 6.33 Å². The molecule has 0 unspecified atom stereocenters. The molecule has 0 spiro atoms. The molecule has 1 saturated heterocycles. The summed E-state index contributed by atoms with van der Waals surface area (Å²) in [4.78, 5) is 20.3. The van der Waals surface area contributed by atoms with Crippen molar-refractivity contribution in [2.75, 3.05) is 30.7 Å². The fourth-order valence-electron chi connectivity index (χ4n) is 2.46. The van der Waals surface area contributed by atoms with Gasteiger partial charge in [0.25, 0.3) is 0 Å². The number of hydrogen-bond donors (Lipinski definition) is 2. The van der Waals surface area contributed by atoms with Crippen LogP contribution in [0, 0.1) is 10.1 Å². The Morgan fingerprint density at radius 2 is 2.42 bits per heavy atom. The van der Waals surface area contributed by atoms with E-state index in [4.69, 9.17) is 5.73 Å². The molecule has 8 heteroatoms. The monoisotopic (exact) mass is 266 g/mol. The molecule has 2 heterocycles. The molecule has 0 aliphatic carbocycles. The molecule has 3 N–H and O–H groups in total. The highest BCUT2D eigenvalue weighted by Gasteiger charge is 2.25. The number of nitro groups is 1. The normalized spacial score (nSPS) is 19.5. The zero-order valence-electron chi connectivity index (χ0n) is 10.9. The van der Waals surface area contributed by atoms with Gasteiger partial charge in [0.1, 0.15) is 6.33 Å². The lowest BCUT2D eigenvalue weighted by atomic mass is 10.2. The van der Waals surface area contributed by atoms with Crippen LogP contribution in [-0.4, -0.2) is 45.5 Å². The van der Waals surface area contributed by atoms with E-state index < -0.39 is 4.92 Å². The number of hydrogen-bond acceptors (Lipinski definition) is 7. The summed E-state index contributed by atoms with van der Waals surface area (Å²) in [5.74, 6) is 0.0849. The summed E-state index contributed by atoms with van der Waals surface area (Å²) < 4.78 is 0. The van der Waals surface area contributed by atoms with Crippen molar-refractivity contribution in [3.63, 3.8) is 0 Å². The summed E-state index contributed by atoms with van der Waals surface area (Å²) in [5.41, 5.74) is 5.27. The first-order valence-corrected chi connectivity index (χ1v) is 6.36. The second kappa shape index (κ2) is 5.79. The average molecular weight is 266 g/mol. The molecule has 19 heavy (non-hydrogen) atoms. The lowest BCUT2D eigenvalue weighted by Gasteiger charge is -2.22. The quantitative estimate of drug-likeness (QED) is 0.600. The van der Waals surface area contributed by atoms with Crippen molar-refractivity contribution < 1.29 is 4.92 Å². The predicted molar refractivity (Wildman–Crippen MR) is 71.9 cm³/mol. The summed E-state index contributed by atoms with van der Waals surface area (Å²) in [6.45, 7) is 4.81. The second-order valence-electron chi connectivity index (χ2n) is 4.52. The molecule has 1 aliphatic heterocycles. The molecule has 0 aromatic carbocycles. The molecule has 0 amide bonds. The van der Waals surface area contributed by atoms with Crippen molar-refractivity contribution in [1.82, 2.24) is 14.9 Å². The fraction of sp³-hybridized carbons (Fsp3) is 0.636. The zero-order valence-corrected chi connectivity index (χ0v) is 10.9. The average Bonchev–Trinajstić information content (AvgIpc) is 2.83. The van der Waals surface area contributed by atoms with E-state index in [2.05, 4.69) is 27.1 Å². The first-order valence-electron chi connectivity index (χ1n) is 6.36. The van der Waals surface area contributed by atoms with E-state index in [1.807, 2.05) is 0 Å². The smallest absolute Gasteiger partial charge is 0.352 e. The summed E-state index contributed by atoms with van der Waals surface area (Å²) in [5, 5.41) is 14.0. The number of rotatable bonds is 5. The summed E-state index contributed by atoms with van der Waals surface area (Å²) in [7, 11) is 0. The Hall–Kier alpha value is -1.96. The maximum absolute atomic E-state index is 11.0. The van der Waals surface area contributed by atoms with Gasteiger partial charge < -0.3 is 11.1 Å². The van der Waals surface area contributed by atoms with E-state index in [0.717, 1.165) is 25.9 Å². The number of nitrogens with one attached hydrogen (secondary N) is 1. The largest absolute Gasteiger partial charge is 0.378 e. The molecule has 0 saturated carbocycles. The van der Waals surface area contributed by atoms with Crippen LogP contribution in [0.5, 0.6) is 0 Å². The summed E-state index contributed by atoms with van der Waals surface area (Å²) in [6.07, 6.45) is 3.49. The fourth-order valence-corrected chi connectivity index (χ4v) is 2.46. The third kappa shape index (κ3) is 2.90. The number of likely N-dealkylation sites (N-methyl/N-ethyl adjacent to an activating group) is 1. The highest BCUT2D eigenvalue weighted by molar-refractivity contribution is 5.67. The van der Waals surface area contributed by atoms with Gasteiger partial charge in [0.2, 0.25) is 11.6 Å². The van der Waals surface area contributed by atoms with Gasteiger partial charge in [-0.05, 0) is 25.9 Å². The van der Waals surface area contributed by atoms with Crippen molar-refractivity contribution in [1.29, 1.82) is 0 Å². The lowest BCUT2D eigenvalue weighted by molar-refractivity contribution is -0.383. The number of likely N-dealkylation sites (tertiary alicyclic amines) is 1. The Kier molecular flexibility index (Phi) is 4.10. The molecule has 2 rings (SSSR count). The van der Waals surface area contributed by atoms with Crippen LogP contribution in [0.3, 0.4) is 0 Å². The molecule has 1 fully saturated rings. The Morgan fingerprint density at radius 1 is 1.63 bits per heavy atom. The van der Waals surface area contributed by atoms with Crippen molar-refractivity contribution >= 4 is 17.3 Å². The zero-order chi connectivity index (χ0) is 13.8. The van der Waals surface area contributed by atoms with Crippen LogP contribution in [0.25, 0.3) is 0 Å². The molecule has 8 nitrogen and oxygen atoms in total. The Labute approximate surface area is 111 Å². The molecular weight excluding hydrogens is 248 g/mol. The minimum Gasteiger partial charge on any atom is -0.378 e. The van der Waals surface area contributed by atoms with E-state index in [-0.39, 0.29) is 17.3 Å². The van der Waals surface area contributed by atoms with Gasteiger partial charge in [-0.1, -0.05) is 6.92 Å². The Balaban J connectivity index is 2.07. The van der Waals surface area contributed by atoms with E-state index in [1.54, 1.807) is 0 Å². The van der Waals surface area contributed by atoms with Crippen LogP contribution < -0.4 is 11.1 Å². The van der Waals surface area contributed by atoms with Crippen molar-refractivity contribution in [2.45, 2.75) is 25.8 Å². The Morgan fingerprint density at radius 3 is 3.11 bits per heavy atom. The van der Waals surface area contributed by atoms with Crippen LogP contribution in [0.4, 0.5) is 17.3 Å². The minimum atomic E-state index is -0.552. The third-order valence-corrected chi connectivity index (χ3v) is 3.44. The van der Waals surface area contributed by atoms with Gasteiger partial charge in [0.05, 0.1) is 4.92 Å². The van der Waals surface area contributed by atoms with E-state index >= 15 is 0 Å². The number of nitrogen functional groups attached to an aromatic ring is 1. The first kappa shape index (κ1) is 13.5. The number of aromatic nitrogens is 2. The van der Waals surface area contributed by atoms with E-state index in [1.165, 1.54) is 6.33 Å². The van der Waals surface area contributed by atoms with Crippen molar-refractivity contribution in [2.24, 2.45) is 0 Å². The molecule has 0 radical (unpaired) electrons. The third-order valence-electron chi connectivity index (χ3n) is 3.44. The minimum absolute atomic E-state index is 0.110. The molecule has 1 aliphatic rings. The van der Waals surface area contributed by atoms with Gasteiger partial charge in [-0.15, -0.1) is 0 Å². The van der Waals surface area contributed by atoms with Gasteiger partial charge in [-0.25, -0.2) is 9.97 Å². The maximum Gasteiger partial charge on any atom is 0.352 e. The number of nitrogens with zero attached hydrogens (tertiary/aromatic N) is 4. The lowest BCUT2D eigenvalue weighted by Crippen LogP contribution is -2.34. The van der Waals surface area contributed by atoms with Crippen LogP contribution in [-0.2, 0) is 0 Å². The molecule has 1 aromatic heterocycles. The number of anilines is 2. The van der Waals surface area contributed by atoms with Gasteiger partial charge in [0.15, 0.2) is 0 Å². The molecule has 1 atom stereocenters. The maximum atomic E-state index is 11.0. The molecule has 104 valence electrons. The second-order valence-corrected chi connectivity index (χ2v) is 4.52. The standard InChI is InChI=1S/C11H18N6O2/c1-2-16-5-3-4-8(16)6-13-11-9(17(18)19)10(12)14-7-15-11/h7-8H,2-6H2,1H3,(H3,12,13,14,15)/t8-/m0/s1. The molecule has 1 aromatic rings. The van der Waals surface area contributed by atoms with Crippen LogP contribution in [0.2, 0.25) is 0 Å². The van der Waals surface area contributed by atoms with Crippen LogP contribution in [0.1, 0.15) is 19.8 Å². The highest BCUT2D eigenvalue weighted by atomic mass is 16.6. The van der Waals surface area contributed by atoms with E-state index in [0.29, 0.717) is 12.6 Å². The van der Waals surface area contributed by atoms with Gasteiger partial charge >= 0.3 is 5.69 Å². The summed E-state index contributed by atoms with van der Waals surface area (Å²) >= 11 is 0. The van der Waals surface area contributed by atoms with Crippen molar-refractivity contribution in [3.8, 4) is 0 Å². The molecular formula is C11H18N6O2. The predicted octanol–water partition coefficient (Wildman–Crippen LogP) is 0.863.